The van der Waals surface area contributed by atoms with E-state index < -0.39 is 0 Å². The Morgan fingerprint density at radius 1 is 1.29 bits per heavy atom. The Bertz CT molecular complexity index is 396. The standard InChI is InChI=1S/C15H23NO/c1-6-11(4)13-9-7-8-12(5)14(13)16-15(17)10(2)3/h7-11H,6H2,1-5H3,(H,16,17). The van der Waals surface area contributed by atoms with E-state index >= 15 is 0 Å². The van der Waals surface area contributed by atoms with Gasteiger partial charge in [0.1, 0.15) is 0 Å². The lowest BCUT2D eigenvalue weighted by Crippen LogP contribution is -2.19. The molecular weight excluding hydrogens is 210 g/mol. The van der Waals surface area contributed by atoms with E-state index in [0.29, 0.717) is 5.92 Å². The van der Waals surface area contributed by atoms with Crippen LogP contribution in [0.5, 0.6) is 0 Å². The molecule has 0 bridgehead atoms. The van der Waals surface area contributed by atoms with Crippen LogP contribution in [0.4, 0.5) is 5.69 Å². The maximum absolute atomic E-state index is 11.8. The molecule has 2 heteroatoms. The third-order valence-corrected chi connectivity index (χ3v) is 3.22. The van der Waals surface area contributed by atoms with Crippen LogP contribution >= 0.6 is 0 Å². The zero-order valence-corrected chi connectivity index (χ0v) is 11.5. The van der Waals surface area contributed by atoms with Crippen LogP contribution in [0, 0.1) is 12.8 Å². The van der Waals surface area contributed by atoms with E-state index in [1.54, 1.807) is 0 Å². The molecule has 0 spiro atoms. The number of aryl methyl sites for hydroxylation is 1. The first-order chi connectivity index (χ1) is 7.97. The Balaban J connectivity index is 3.08. The molecule has 1 amide bonds. The molecule has 0 aromatic heterocycles. The highest BCUT2D eigenvalue weighted by atomic mass is 16.1. The van der Waals surface area contributed by atoms with Crippen molar-refractivity contribution in [2.75, 3.05) is 5.32 Å². The zero-order chi connectivity index (χ0) is 13.0. The van der Waals surface area contributed by atoms with Crippen LogP contribution < -0.4 is 5.32 Å². The lowest BCUT2D eigenvalue weighted by molar-refractivity contribution is -0.118. The van der Waals surface area contributed by atoms with Gasteiger partial charge in [0.15, 0.2) is 0 Å². The van der Waals surface area contributed by atoms with E-state index in [1.165, 1.54) is 5.56 Å². The van der Waals surface area contributed by atoms with E-state index in [2.05, 4.69) is 31.3 Å². The highest BCUT2D eigenvalue weighted by Gasteiger charge is 2.14. The van der Waals surface area contributed by atoms with E-state index in [9.17, 15) is 4.79 Å². The topological polar surface area (TPSA) is 29.1 Å². The van der Waals surface area contributed by atoms with E-state index in [0.717, 1.165) is 17.7 Å². The third kappa shape index (κ3) is 3.32. The Morgan fingerprint density at radius 2 is 1.94 bits per heavy atom. The van der Waals surface area contributed by atoms with Crippen molar-refractivity contribution in [2.24, 2.45) is 5.92 Å². The molecule has 0 radical (unpaired) electrons. The fourth-order valence-corrected chi connectivity index (χ4v) is 1.76. The highest BCUT2D eigenvalue weighted by Crippen LogP contribution is 2.29. The second-order valence-corrected chi connectivity index (χ2v) is 4.99. The first-order valence-electron chi connectivity index (χ1n) is 6.37. The predicted molar refractivity (Wildman–Crippen MR) is 73.4 cm³/mol. The van der Waals surface area contributed by atoms with Gasteiger partial charge < -0.3 is 5.32 Å². The minimum atomic E-state index is 0.0133. The summed E-state index contributed by atoms with van der Waals surface area (Å²) in [7, 11) is 0. The van der Waals surface area contributed by atoms with Crippen molar-refractivity contribution in [3.8, 4) is 0 Å². The number of carbonyl (C=O) groups is 1. The van der Waals surface area contributed by atoms with Gasteiger partial charge in [-0.2, -0.15) is 0 Å². The number of rotatable bonds is 4. The summed E-state index contributed by atoms with van der Waals surface area (Å²) in [6.07, 6.45) is 1.08. The van der Waals surface area contributed by atoms with Gasteiger partial charge in [-0.25, -0.2) is 0 Å². The van der Waals surface area contributed by atoms with Crippen LogP contribution in [0.15, 0.2) is 18.2 Å². The van der Waals surface area contributed by atoms with Crippen LogP contribution in [-0.2, 0) is 4.79 Å². The van der Waals surface area contributed by atoms with Crippen molar-refractivity contribution in [3.05, 3.63) is 29.3 Å². The Kier molecular flexibility index (Phi) is 4.73. The van der Waals surface area contributed by atoms with E-state index in [4.69, 9.17) is 0 Å². The molecule has 1 atom stereocenters. The van der Waals surface area contributed by atoms with Gasteiger partial charge in [0.25, 0.3) is 0 Å². The number of amides is 1. The molecule has 0 fully saturated rings. The largest absolute Gasteiger partial charge is 0.325 e. The monoisotopic (exact) mass is 233 g/mol. The highest BCUT2D eigenvalue weighted by molar-refractivity contribution is 5.93. The summed E-state index contributed by atoms with van der Waals surface area (Å²) in [5.41, 5.74) is 3.37. The average molecular weight is 233 g/mol. The van der Waals surface area contributed by atoms with Gasteiger partial charge in [0, 0.05) is 11.6 Å². The maximum atomic E-state index is 11.8. The number of nitrogens with one attached hydrogen (secondary N) is 1. The zero-order valence-electron chi connectivity index (χ0n) is 11.5. The van der Waals surface area contributed by atoms with Crippen molar-refractivity contribution < 1.29 is 4.79 Å². The molecule has 1 aromatic carbocycles. The molecule has 1 aromatic rings. The van der Waals surface area contributed by atoms with Crippen molar-refractivity contribution in [1.29, 1.82) is 0 Å². The number of carbonyl (C=O) groups excluding carboxylic acids is 1. The minimum Gasteiger partial charge on any atom is -0.325 e. The van der Waals surface area contributed by atoms with Crippen LogP contribution in [0.2, 0.25) is 0 Å². The molecule has 0 saturated carbocycles. The van der Waals surface area contributed by atoms with Crippen molar-refractivity contribution >= 4 is 11.6 Å². The summed E-state index contributed by atoms with van der Waals surface area (Å²) in [6.45, 7) is 10.2. The molecule has 0 aliphatic carbocycles. The van der Waals surface area contributed by atoms with Gasteiger partial charge in [-0.1, -0.05) is 45.9 Å². The normalized spacial score (nSPS) is 12.6. The van der Waals surface area contributed by atoms with Crippen LogP contribution in [-0.4, -0.2) is 5.91 Å². The van der Waals surface area contributed by atoms with Crippen molar-refractivity contribution in [2.45, 2.75) is 47.0 Å². The molecule has 0 aliphatic rings. The number of benzene rings is 1. The Hall–Kier alpha value is -1.31. The second-order valence-electron chi connectivity index (χ2n) is 4.99. The maximum Gasteiger partial charge on any atom is 0.226 e. The smallest absolute Gasteiger partial charge is 0.226 e. The quantitative estimate of drug-likeness (QED) is 0.833. The van der Waals surface area contributed by atoms with Gasteiger partial charge in [-0.05, 0) is 30.4 Å². The lowest BCUT2D eigenvalue weighted by Gasteiger charge is -2.18. The van der Waals surface area contributed by atoms with E-state index in [1.807, 2.05) is 26.8 Å². The Morgan fingerprint density at radius 3 is 2.47 bits per heavy atom. The van der Waals surface area contributed by atoms with Gasteiger partial charge in [-0.3, -0.25) is 4.79 Å². The fourth-order valence-electron chi connectivity index (χ4n) is 1.76. The van der Waals surface area contributed by atoms with Gasteiger partial charge in [0.2, 0.25) is 5.91 Å². The summed E-state index contributed by atoms with van der Waals surface area (Å²) in [4.78, 5) is 11.8. The molecular formula is C15H23NO. The number of para-hydroxylation sites is 1. The summed E-state index contributed by atoms with van der Waals surface area (Å²) in [5, 5.41) is 3.05. The fraction of sp³-hybridized carbons (Fsp3) is 0.533. The lowest BCUT2D eigenvalue weighted by atomic mass is 9.94. The molecule has 17 heavy (non-hydrogen) atoms. The van der Waals surface area contributed by atoms with Crippen molar-refractivity contribution in [3.63, 3.8) is 0 Å². The molecule has 1 unspecified atom stereocenters. The van der Waals surface area contributed by atoms with Crippen LogP contribution in [0.25, 0.3) is 0 Å². The molecule has 0 saturated heterocycles. The average Bonchev–Trinajstić information content (AvgIpc) is 2.30. The third-order valence-electron chi connectivity index (χ3n) is 3.22. The molecule has 0 aliphatic heterocycles. The molecule has 2 nitrogen and oxygen atoms in total. The van der Waals surface area contributed by atoms with E-state index in [-0.39, 0.29) is 11.8 Å². The first-order valence-corrected chi connectivity index (χ1v) is 6.37. The van der Waals surface area contributed by atoms with Gasteiger partial charge >= 0.3 is 0 Å². The molecule has 1 N–H and O–H groups in total. The first kappa shape index (κ1) is 13.8. The molecule has 0 heterocycles. The SMILES string of the molecule is CCC(C)c1cccc(C)c1NC(=O)C(C)C. The molecule has 1 rings (SSSR count). The number of anilines is 1. The van der Waals surface area contributed by atoms with Crippen LogP contribution in [0.1, 0.15) is 51.2 Å². The minimum absolute atomic E-state index is 0.0133. The summed E-state index contributed by atoms with van der Waals surface area (Å²) in [5.74, 6) is 0.570. The van der Waals surface area contributed by atoms with Gasteiger partial charge in [-0.15, -0.1) is 0 Å². The van der Waals surface area contributed by atoms with Crippen molar-refractivity contribution in [1.82, 2.24) is 0 Å². The van der Waals surface area contributed by atoms with Gasteiger partial charge in [0.05, 0.1) is 0 Å². The molecule has 94 valence electrons. The Labute approximate surface area is 104 Å². The number of hydrogen-bond acceptors (Lipinski definition) is 1. The summed E-state index contributed by atoms with van der Waals surface area (Å²) >= 11 is 0. The summed E-state index contributed by atoms with van der Waals surface area (Å²) < 4.78 is 0. The van der Waals surface area contributed by atoms with Crippen LogP contribution in [0.3, 0.4) is 0 Å². The number of hydrogen-bond donors (Lipinski definition) is 1. The second kappa shape index (κ2) is 5.85. The summed E-state index contributed by atoms with van der Waals surface area (Å²) in [6, 6.07) is 6.21. The predicted octanol–water partition coefficient (Wildman–Crippen LogP) is 4.10.